The van der Waals surface area contributed by atoms with E-state index in [9.17, 15) is 13.2 Å². The zero-order valence-corrected chi connectivity index (χ0v) is 8.08. The van der Waals surface area contributed by atoms with E-state index < -0.39 is 34.1 Å². The fourth-order valence-electron chi connectivity index (χ4n) is 1.10. The summed E-state index contributed by atoms with van der Waals surface area (Å²) in [6.07, 6.45) is -1.27. The summed E-state index contributed by atoms with van der Waals surface area (Å²) in [4.78, 5) is 0. The van der Waals surface area contributed by atoms with Gasteiger partial charge in [0.05, 0.1) is 11.1 Å². The highest BCUT2D eigenvalue weighted by molar-refractivity contribution is 6.30. The third-order valence-electron chi connectivity index (χ3n) is 1.70. The van der Waals surface area contributed by atoms with E-state index in [-0.39, 0.29) is 6.42 Å². The van der Waals surface area contributed by atoms with E-state index in [4.69, 9.17) is 16.7 Å². The lowest BCUT2D eigenvalue weighted by Gasteiger charge is -2.08. The van der Waals surface area contributed by atoms with Crippen LogP contribution in [0.5, 0.6) is 0 Å². The molecule has 0 saturated heterocycles. The summed E-state index contributed by atoms with van der Waals surface area (Å²) in [5, 5.41) is 8.45. The van der Waals surface area contributed by atoms with Crippen molar-refractivity contribution in [3.8, 4) is 0 Å². The van der Waals surface area contributed by atoms with Crippen LogP contribution in [0.25, 0.3) is 0 Å². The zero-order chi connectivity index (χ0) is 10.9. The molecule has 0 aliphatic heterocycles. The molecule has 0 bridgehead atoms. The second-order valence-electron chi connectivity index (χ2n) is 3.00. The van der Waals surface area contributed by atoms with Crippen molar-refractivity contribution in [1.29, 1.82) is 0 Å². The minimum Gasteiger partial charge on any atom is -0.393 e. The molecule has 0 radical (unpaired) electrons. The molecule has 14 heavy (non-hydrogen) atoms. The minimum atomic E-state index is -1.30. The van der Waals surface area contributed by atoms with Crippen molar-refractivity contribution in [2.24, 2.45) is 0 Å². The first-order valence-electron chi connectivity index (χ1n) is 3.93. The van der Waals surface area contributed by atoms with Gasteiger partial charge in [0.15, 0.2) is 11.6 Å². The molecule has 1 N–H and O–H groups in total. The number of aliphatic hydroxyl groups excluding tert-OH is 1. The summed E-state index contributed by atoms with van der Waals surface area (Å²) < 4.78 is 38.9. The lowest BCUT2D eigenvalue weighted by molar-refractivity contribution is 0.192. The molecule has 1 aromatic rings. The Labute approximate surface area is 84.1 Å². The Kier molecular flexibility index (Phi) is 3.39. The molecule has 0 fully saturated rings. The van der Waals surface area contributed by atoms with Crippen LogP contribution in [0, 0.1) is 17.5 Å². The van der Waals surface area contributed by atoms with Gasteiger partial charge in [-0.3, -0.25) is 0 Å². The van der Waals surface area contributed by atoms with Gasteiger partial charge in [0.25, 0.3) is 0 Å². The summed E-state index contributed by atoms with van der Waals surface area (Å²) in [6.45, 7) is 1.34. The topological polar surface area (TPSA) is 20.2 Å². The Balaban J connectivity index is 3.25. The van der Waals surface area contributed by atoms with Gasteiger partial charge in [-0.1, -0.05) is 11.6 Å². The van der Waals surface area contributed by atoms with Crippen LogP contribution in [0.1, 0.15) is 12.5 Å². The van der Waals surface area contributed by atoms with Crippen molar-refractivity contribution >= 4 is 11.6 Å². The quantitative estimate of drug-likeness (QED) is 0.766. The molecule has 0 saturated carbocycles. The molecule has 1 nitrogen and oxygen atoms in total. The molecular formula is C9H8ClF3O. The molecular weight excluding hydrogens is 217 g/mol. The monoisotopic (exact) mass is 224 g/mol. The Hall–Kier alpha value is -0.740. The molecule has 0 spiro atoms. The fourth-order valence-corrected chi connectivity index (χ4v) is 1.31. The Morgan fingerprint density at radius 3 is 2.43 bits per heavy atom. The Morgan fingerprint density at radius 2 is 1.93 bits per heavy atom. The van der Waals surface area contributed by atoms with Crippen LogP contribution < -0.4 is 0 Å². The first-order valence-corrected chi connectivity index (χ1v) is 4.31. The summed E-state index contributed by atoms with van der Waals surface area (Å²) in [6, 6.07) is 0.567. The van der Waals surface area contributed by atoms with Crippen molar-refractivity contribution in [3.05, 3.63) is 34.1 Å². The number of benzene rings is 1. The average Bonchev–Trinajstić information content (AvgIpc) is 2.09. The minimum absolute atomic E-state index is 0.310. The maximum absolute atomic E-state index is 13.2. The largest absolute Gasteiger partial charge is 0.393 e. The molecule has 0 heterocycles. The third kappa shape index (κ3) is 2.19. The number of hydrogen-bond donors (Lipinski definition) is 1. The summed E-state index contributed by atoms with van der Waals surface area (Å²) in [7, 11) is 0. The van der Waals surface area contributed by atoms with Gasteiger partial charge >= 0.3 is 0 Å². The van der Waals surface area contributed by atoms with Gasteiger partial charge in [0.1, 0.15) is 5.82 Å². The van der Waals surface area contributed by atoms with E-state index in [0.717, 1.165) is 0 Å². The molecule has 0 amide bonds. The summed E-state index contributed by atoms with van der Waals surface area (Å²) in [5.74, 6) is -3.54. The molecule has 0 aliphatic carbocycles. The van der Waals surface area contributed by atoms with E-state index in [1.165, 1.54) is 6.92 Å². The van der Waals surface area contributed by atoms with E-state index >= 15 is 0 Å². The number of rotatable bonds is 2. The van der Waals surface area contributed by atoms with Crippen molar-refractivity contribution in [2.45, 2.75) is 19.4 Å². The van der Waals surface area contributed by atoms with Crippen LogP contribution in [0.4, 0.5) is 13.2 Å². The standard InChI is InChI=1S/C9H8ClF3O/c1-4(14)2-5-8(12)6(10)3-7(11)9(5)13/h3-4,14H,2H2,1H3. The lowest BCUT2D eigenvalue weighted by atomic mass is 10.1. The second-order valence-corrected chi connectivity index (χ2v) is 3.41. The van der Waals surface area contributed by atoms with Crippen molar-refractivity contribution in [3.63, 3.8) is 0 Å². The van der Waals surface area contributed by atoms with Gasteiger partial charge in [-0.15, -0.1) is 0 Å². The SMILES string of the molecule is CC(O)Cc1c(F)c(F)cc(Cl)c1F. The molecule has 78 valence electrons. The average molecular weight is 225 g/mol. The highest BCUT2D eigenvalue weighted by Gasteiger charge is 2.18. The molecule has 1 atom stereocenters. The summed E-state index contributed by atoms with van der Waals surface area (Å²) >= 11 is 5.31. The second kappa shape index (κ2) is 4.19. The number of hydrogen-bond acceptors (Lipinski definition) is 1. The highest BCUT2D eigenvalue weighted by atomic mass is 35.5. The molecule has 0 aliphatic rings. The van der Waals surface area contributed by atoms with Crippen LogP contribution in [0.2, 0.25) is 5.02 Å². The van der Waals surface area contributed by atoms with Gasteiger partial charge in [-0.05, 0) is 13.0 Å². The fraction of sp³-hybridized carbons (Fsp3) is 0.333. The van der Waals surface area contributed by atoms with Gasteiger partial charge in [0.2, 0.25) is 0 Å². The molecule has 1 aromatic carbocycles. The van der Waals surface area contributed by atoms with Gasteiger partial charge in [-0.2, -0.15) is 0 Å². The molecule has 1 rings (SSSR count). The lowest BCUT2D eigenvalue weighted by Crippen LogP contribution is -2.10. The maximum Gasteiger partial charge on any atom is 0.165 e. The Bertz CT molecular complexity index is 326. The number of halogens is 4. The smallest absolute Gasteiger partial charge is 0.165 e. The Morgan fingerprint density at radius 1 is 1.36 bits per heavy atom. The van der Waals surface area contributed by atoms with E-state index in [2.05, 4.69) is 0 Å². The van der Waals surface area contributed by atoms with Crippen LogP contribution in [-0.4, -0.2) is 11.2 Å². The zero-order valence-electron chi connectivity index (χ0n) is 7.32. The molecule has 1 unspecified atom stereocenters. The van der Waals surface area contributed by atoms with Crippen molar-refractivity contribution in [1.82, 2.24) is 0 Å². The van der Waals surface area contributed by atoms with E-state index in [0.29, 0.717) is 6.07 Å². The van der Waals surface area contributed by atoms with Gasteiger partial charge in [-0.25, -0.2) is 13.2 Å². The van der Waals surface area contributed by atoms with Crippen molar-refractivity contribution in [2.75, 3.05) is 0 Å². The molecule has 0 aromatic heterocycles. The van der Waals surface area contributed by atoms with Gasteiger partial charge in [0, 0.05) is 12.0 Å². The van der Waals surface area contributed by atoms with Gasteiger partial charge < -0.3 is 5.11 Å². The number of aliphatic hydroxyl groups is 1. The molecule has 5 heteroatoms. The van der Waals surface area contributed by atoms with Crippen molar-refractivity contribution < 1.29 is 18.3 Å². The highest BCUT2D eigenvalue weighted by Crippen LogP contribution is 2.24. The summed E-state index contributed by atoms with van der Waals surface area (Å²) in [5.41, 5.74) is -0.523. The normalized spacial score (nSPS) is 13.0. The van der Waals surface area contributed by atoms with Crippen LogP contribution in [-0.2, 0) is 6.42 Å². The predicted octanol–water partition coefficient (Wildman–Crippen LogP) is 2.68. The first kappa shape index (κ1) is 11.3. The first-order chi connectivity index (χ1) is 6.43. The van der Waals surface area contributed by atoms with Crippen LogP contribution in [0.15, 0.2) is 6.07 Å². The van der Waals surface area contributed by atoms with Crippen LogP contribution in [0.3, 0.4) is 0 Å². The van der Waals surface area contributed by atoms with E-state index in [1.54, 1.807) is 0 Å². The van der Waals surface area contributed by atoms with E-state index in [1.807, 2.05) is 0 Å². The third-order valence-corrected chi connectivity index (χ3v) is 1.98. The maximum atomic E-state index is 13.2. The van der Waals surface area contributed by atoms with Crippen LogP contribution >= 0.6 is 11.6 Å². The predicted molar refractivity (Wildman–Crippen MR) is 46.7 cm³/mol.